The third kappa shape index (κ3) is 6.39. The minimum Gasteiger partial charge on any atom is -0.381 e. The summed E-state index contributed by atoms with van der Waals surface area (Å²) in [7, 11) is 1.83. The van der Waals surface area contributed by atoms with Gasteiger partial charge in [-0.3, -0.25) is 4.99 Å². The van der Waals surface area contributed by atoms with Gasteiger partial charge in [0, 0.05) is 51.5 Å². The van der Waals surface area contributed by atoms with Gasteiger partial charge in [-0.2, -0.15) is 0 Å². The van der Waals surface area contributed by atoms with Crippen molar-refractivity contribution in [2.75, 3.05) is 40.0 Å². The molecule has 1 saturated carbocycles. The molecule has 1 aliphatic carbocycles. The Kier molecular flexibility index (Phi) is 9.16. The highest BCUT2D eigenvalue weighted by Gasteiger charge is 2.49. The van der Waals surface area contributed by atoms with Gasteiger partial charge in [0.05, 0.1) is 12.2 Å². The molecule has 26 heavy (non-hydrogen) atoms. The molecule has 0 radical (unpaired) electrons. The van der Waals surface area contributed by atoms with Crippen LogP contribution < -0.4 is 10.6 Å². The Morgan fingerprint density at radius 1 is 1.15 bits per heavy atom. The number of ether oxygens (including phenoxy) is 3. The maximum Gasteiger partial charge on any atom is 0.191 e. The fraction of sp³-hybridized carbons (Fsp3) is 0.950. The van der Waals surface area contributed by atoms with E-state index in [-0.39, 0.29) is 5.41 Å². The number of unbranched alkanes of at least 4 members (excludes halogenated alkanes) is 1. The van der Waals surface area contributed by atoms with Crippen LogP contribution >= 0.6 is 0 Å². The van der Waals surface area contributed by atoms with E-state index in [1.54, 1.807) is 0 Å². The minimum atomic E-state index is 0.136. The molecule has 6 heteroatoms. The summed E-state index contributed by atoms with van der Waals surface area (Å²) >= 11 is 0. The van der Waals surface area contributed by atoms with E-state index in [1.165, 1.54) is 6.42 Å². The molecule has 1 aliphatic heterocycles. The molecule has 1 heterocycles. The Hall–Kier alpha value is -0.850. The molecule has 1 saturated heterocycles. The lowest BCUT2D eigenvalue weighted by Crippen LogP contribution is -2.63. The molecular weight excluding hydrogens is 330 g/mol. The summed E-state index contributed by atoms with van der Waals surface area (Å²) in [6.45, 7) is 10.9. The first kappa shape index (κ1) is 21.5. The summed E-state index contributed by atoms with van der Waals surface area (Å²) in [4.78, 5) is 4.36. The third-order valence-electron chi connectivity index (χ3n) is 5.66. The molecule has 152 valence electrons. The number of aliphatic imine (C=N–C) groups is 1. The molecule has 0 spiro atoms. The van der Waals surface area contributed by atoms with E-state index in [4.69, 9.17) is 14.2 Å². The van der Waals surface area contributed by atoms with Gasteiger partial charge in [0.1, 0.15) is 0 Å². The molecule has 6 nitrogen and oxygen atoms in total. The van der Waals surface area contributed by atoms with Gasteiger partial charge < -0.3 is 24.8 Å². The third-order valence-corrected chi connectivity index (χ3v) is 5.66. The number of hydrogen-bond donors (Lipinski definition) is 2. The largest absolute Gasteiger partial charge is 0.381 e. The Balaban J connectivity index is 1.59. The Morgan fingerprint density at radius 2 is 1.88 bits per heavy atom. The van der Waals surface area contributed by atoms with Crippen molar-refractivity contribution < 1.29 is 14.2 Å². The van der Waals surface area contributed by atoms with E-state index >= 15 is 0 Å². The topological polar surface area (TPSA) is 64.1 Å². The van der Waals surface area contributed by atoms with Gasteiger partial charge >= 0.3 is 0 Å². The summed E-state index contributed by atoms with van der Waals surface area (Å²) in [5, 5.41) is 6.96. The summed E-state index contributed by atoms with van der Waals surface area (Å²) in [5.74, 6) is 0.876. The average molecular weight is 370 g/mol. The first-order chi connectivity index (χ1) is 12.6. The molecule has 0 amide bonds. The van der Waals surface area contributed by atoms with Crippen molar-refractivity contribution in [2.45, 2.75) is 77.5 Å². The molecule has 2 unspecified atom stereocenters. The second-order valence-corrected chi connectivity index (χ2v) is 8.00. The van der Waals surface area contributed by atoms with E-state index < -0.39 is 0 Å². The zero-order chi connectivity index (χ0) is 18.8. The summed E-state index contributed by atoms with van der Waals surface area (Å²) in [5.41, 5.74) is 0.136. The van der Waals surface area contributed by atoms with E-state index in [0.29, 0.717) is 18.2 Å². The van der Waals surface area contributed by atoms with Crippen LogP contribution in [0.2, 0.25) is 0 Å². The Labute approximate surface area is 159 Å². The lowest BCUT2D eigenvalue weighted by molar-refractivity contribution is -0.113. The SMILES string of the molecule is CCCCOC1CC(NC(=NC)NCCCOC2CCOCC2)C1(C)C. The quantitative estimate of drug-likeness (QED) is 0.352. The zero-order valence-electron chi connectivity index (χ0n) is 17.2. The number of nitrogens with zero attached hydrogens (tertiary/aromatic N) is 1. The Morgan fingerprint density at radius 3 is 2.54 bits per heavy atom. The van der Waals surface area contributed by atoms with Gasteiger partial charge in [0.25, 0.3) is 0 Å². The molecule has 2 N–H and O–H groups in total. The lowest BCUT2D eigenvalue weighted by atomic mass is 9.64. The van der Waals surface area contributed by atoms with Crippen molar-refractivity contribution in [1.82, 2.24) is 10.6 Å². The highest BCUT2D eigenvalue weighted by molar-refractivity contribution is 5.80. The summed E-state index contributed by atoms with van der Waals surface area (Å²) in [6.07, 6.45) is 7.12. The van der Waals surface area contributed by atoms with Gasteiger partial charge in [0.2, 0.25) is 0 Å². The molecule has 2 aliphatic rings. The predicted molar refractivity (Wildman–Crippen MR) is 106 cm³/mol. The second-order valence-electron chi connectivity index (χ2n) is 8.00. The van der Waals surface area contributed by atoms with Crippen LogP contribution in [0, 0.1) is 5.41 Å². The van der Waals surface area contributed by atoms with Crippen LogP contribution in [0.15, 0.2) is 4.99 Å². The maximum absolute atomic E-state index is 6.02. The summed E-state index contributed by atoms with van der Waals surface area (Å²) in [6, 6.07) is 0.402. The van der Waals surface area contributed by atoms with E-state index in [2.05, 4.69) is 36.4 Å². The Bertz CT molecular complexity index is 423. The van der Waals surface area contributed by atoms with Crippen LogP contribution in [0.5, 0.6) is 0 Å². The number of nitrogens with one attached hydrogen (secondary N) is 2. The highest BCUT2D eigenvalue weighted by atomic mass is 16.5. The minimum absolute atomic E-state index is 0.136. The van der Waals surface area contributed by atoms with Gasteiger partial charge in [-0.05, 0) is 32.1 Å². The second kappa shape index (κ2) is 11.1. The normalized spacial score (nSPS) is 26.4. The smallest absolute Gasteiger partial charge is 0.191 e. The number of guanidine groups is 1. The summed E-state index contributed by atoms with van der Waals surface area (Å²) < 4.78 is 17.3. The standard InChI is InChI=1S/C20H39N3O3/c1-5-6-11-26-18-15-17(20(18,2)3)23-19(21-4)22-10-7-12-25-16-8-13-24-14-9-16/h16-18H,5-15H2,1-4H3,(H2,21,22,23). The first-order valence-corrected chi connectivity index (χ1v) is 10.4. The molecule has 2 rings (SSSR count). The van der Waals surface area contributed by atoms with E-state index in [0.717, 1.165) is 71.0 Å². The molecule has 0 aromatic carbocycles. The van der Waals surface area contributed by atoms with Crippen molar-refractivity contribution in [3.8, 4) is 0 Å². The van der Waals surface area contributed by atoms with Gasteiger partial charge in [-0.25, -0.2) is 0 Å². The highest BCUT2D eigenvalue weighted by Crippen LogP contribution is 2.42. The fourth-order valence-electron chi connectivity index (χ4n) is 3.51. The van der Waals surface area contributed by atoms with Crippen LogP contribution in [0.3, 0.4) is 0 Å². The van der Waals surface area contributed by atoms with Crippen LogP contribution in [-0.2, 0) is 14.2 Å². The van der Waals surface area contributed by atoms with Crippen molar-refractivity contribution >= 4 is 5.96 Å². The van der Waals surface area contributed by atoms with E-state index in [9.17, 15) is 0 Å². The molecule has 0 aromatic heterocycles. The van der Waals surface area contributed by atoms with Crippen molar-refractivity contribution in [3.05, 3.63) is 0 Å². The van der Waals surface area contributed by atoms with Gasteiger partial charge in [-0.15, -0.1) is 0 Å². The van der Waals surface area contributed by atoms with Gasteiger partial charge in [-0.1, -0.05) is 27.2 Å². The molecule has 0 bridgehead atoms. The monoisotopic (exact) mass is 369 g/mol. The van der Waals surface area contributed by atoms with Crippen LogP contribution in [0.1, 0.15) is 59.3 Å². The van der Waals surface area contributed by atoms with Crippen molar-refractivity contribution in [1.29, 1.82) is 0 Å². The lowest BCUT2D eigenvalue weighted by Gasteiger charge is -2.52. The van der Waals surface area contributed by atoms with Crippen LogP contribution in [-0.4, -0.2) is 64.2 Å². The molecule has 0 aromatic rings. The van der Waals surface area contributed by atoms with Crippen LogP contribution in [0.25, 0.3) is 0 Å². The first-order valence-electron chi connectivity index (χ1n) is 10.4. The average Bonchev–Trinajstić information content (AvgIpc) is 2.65. The number of hydrogen-bond acceptors (Lipinski definition) is 4. The van der Waals surface area contributed by atoms with Crippen molar-refractivity contribution in [2.24, 2.45) is 10.4 Å². The van der Waals surface area contributed by atoms with Crippen molar-refractivity contribution in [3.63, 3.8) is 0 Å². The fourth-order valence-corrected chi connectivity index (χ4v) is 3.51. The predicted octanol–water partition coefficient (Wildman–Crippen LogP) is 2.72. The maximum atomic E-state index is 6.02. The van der Waals surface area contributed by atoms with Crippen LogP contribution in [0.4, 0.5) is 0 Å². The molecule has 2 fully saturated rings. The number of rotatable bonds is 10. The van der Waals surface area contributed by atoms with E-state index in [1.807, 2.05) is 7.05 Å². The molecular formula is C20H39N3O3. The molecule has 2 atom stereocenters. The zero-order valence-corrected chi connectivity index (χ0v) is 17.2. The van der Waals surface area contributed by atoms with Gasteiger partial charge in [0.15, 0.2) is 5.96 Å².